The van der Waals surface area contributed by atoms with Crippen molar-refractivity contribution in [3.8, 4) is 0 Å². The zero-order valence-electron chi connectivity index (χ0n) is 19.9. The maximum atomic E-state index is 12.0. The van der Waals surface area contributed by atoms with E-state index in [0.29, 0.717) is 23.4 Å². The predicted molar refractivity (Wildman–Crippen MR) is 125 cm³/mol. The van der Waals surface area contributed by atoms with Gasteiger partial charge in [-0.2, -0.15) is 0 Å². The van der Waals surface area contributed by atoms with E-state index in [9.17, 15) is 19.5 Å². The van der Waals surface area contributed by atoms with E-state index in [4.69, 9.17) is 4.74 Å². The van der Waals surface area contributed by atoms with Crippen LogP contribution in [0.3, 0.4) is 0 Å². The lowest BCUT2D eigenvalue weighted by Crippen LogP contribution is -2.44. The van der Waals surface area contributed by atoms with Crippen LogP contribution < -0.4 is 5.32 Å². The smallest absolute Gasteiger partial charge is 0.408 e. The Morgan fingerprint density at radius 2 is 1.82 bits per heavy atom. The molecule has 0 spiro atoms. The number of carboxylic acid groups (broad SMARTS) is 1. The van der Waals surface area contributed by atoms with Gasteiger partial charge in [-0.05, 0) is 26.3 Å². The van der Waals surface area contributed by atoms with Crippen LogP contribution in [0.4, 0.5) is 4.79 Å². The molecule has 2 heterocycles. The Bertz CT molecular complexity index is 1110. The number of carboxylic acids is 1. The molecule has 0 fully saturated rings. The second kappa shape index (κ2) is 11.7. The summed E-state index contributed by atoms with van der Waals surface area (Å²) >= 11 is 0. The van der Waals surface area contributed by atoms with E-state index < -0.39 is 23.7 Å². The SMILES string of the molecule is CC(C)(C)OC(=O)N[C@H](Cc1ncnc2c1ncn2Cc1ccccc1)C(=O)O.CN(C)C=O. The van der Waals surface area contributed by atoms with Crippen LogP contribution in [0.1, 0.15) is 32.0 Å². The number of ether oxygens (including phenoxy) is 1. The first-order valence-corrected chi connectivity index (χ1v) is 10.5. The number of nitrogens with one attached hydrogen (secondary N) is 1. The average Bonchev–Trinajstić information content (AvgIpc) is 3.16. The van der Waals surface area contributed by atoms with Crippen LogP contribution in [0.2, 0.25) is 0 Å². The molecule has 0 saturated heterocycles. The maximum absolute atomic E-state index is 12.0. The topological polar surface area (TPSA) is 140 Å². The highest BCUT2D eigenvalue weighted by molar-refractivity contribution is 5.81. The summed E-state index contributed by atoms with van der Waals surface area (Å²) in [4.78, 5) is 47.4. The van der Waals surface area contributed by atoms with Gasteiger partial charge in [0.15, 0.2) is 5.65 Å². The Balaban J connectivity index is 0.000000739. The summed E-state index contributed by atoms with van der Waals surface area (Å²) in [5.74, 6) is -1.19. The molecule has 2 amide bonds. The number of hydrogen-bond acceptors (Lipinski definition) is 7. The summed E-state index contributed by atoms with van der Waals surface area (Å²) in [6, 6.07) is 8.64. The summed E-state index contributed by atoms with van der Waals surface area (Å²) < 4.78 is 7.02. The van der Waals surface area contributed by atoms with Gasteiger partial charge >= 0.3 is 12.1 Å². The van der Waals surface area contributed by atoms with Crippen LogP contribution in [0.5, 0.6) is 0 Å². The second-order valence-electron chi connectivity index (χ2n) is 8.66. The largest absolute Gasteiger partial charge is 0.480 e. The normalized spacial score (nSPS) is 11.7. The van der Waals surface area contributed by atoms with Crippen LogP contribution in [0.25, 0.3) is 11.2 Å². The molecule has 0 unspecified atom stereocenters. The molecule has 0 aliphatic carbocycles. The van der Waals surface area contributed by atoms with Crippen molar-refractivity contribution in [1.82, 2.24) is 29.7 Å². The summed E-state index contributed by atoms with van der Waals surface area (Å²) in [6.07, 6.45) is 2.92. The number of fused-ring (bicyclic) bond motifs is 1. The maximum Gasteiger partial charge on any atom is 0.408 e. The molecule has 11 nitrogen and oxygen atoms in total. The van der Waals surface area contributed by atoms with Gasteiger partial charge < -0.3 is 24.6 Å². The van der Waals surface area contributed by atoms with Gasteiger partial charge in [0.1, 0.15) is 23.5 Å². The molecule has 11 heteroatoms. The number of carbonyl (C=O) groups excluding carboxylic acids is 2. The Morgan fingerprint density at radius 1 is 1.18 bits per heavy atom. The van der Waals surface area contributed by atoms with Gasteiger partial charge in [-0.15, -0.1) is 0 Å². The van der Waals surface area contributed by atoms with Crippen molar-refractivity contribution < 1.29 is 24.2 Å². The highest BCUT2D eigenvalue weighted by Crippen LogP contribution is 2.16. The third kappa shape index (κ3) is 8.15. The Hall–Kier alpha value is -4.02. The number of hydrogen-bond donors (Lipinski definition) is 2. The fourth-order valence-corrected chi connectivity index (χ4v) is 2.82. The van der Waals surface area contributed by atoms with E-state index in [1.54, 1.807) is 41.2 Å². The third-order valence-electron chi connectivity index (χ3n) is 4.27. The molecule has 182 valence electrons. The van der Waals surface area contributed by atoms with E-state index in [0.717, 1.165) is 12.0 Å². The van der Waals surface area contributed by atoms with Gasteiger partial charge in [0, 0.05) is 20.5 Å². The summed E-state index contributed by atoms with van der Waals surface area (Å²) in [7, 11) is 3.38. The quantitative estimate of drug-likeness (QED) is 0.501. The molecule has 2 aromatic heterocycles. The van der Waals surface area contributed by atoms with Crippen molar-refractivity contribution in [2.75, 3.05) is 14.1 Å². The van der Waals surface area contributed by atoms with E-state index >= 15 is 0 Å². The minimum atomic E-state index is -1.21. The number of aliphatic carboxylic acids is 1. The first-order chi connectivity index (χ1) is 16.0. The molecule has 0 radical (unpaired) electrons. The molecule has 3 rings (SSSR count). The molecule has 34 heavy (non-hydrogen) atoms. The van der Waals surface area contributed by atoms with Crippen molar-refractivity contribution in [3.05, 3.63) is 54.2 Å². The number of imidazole rings is 1. The van der Waals surface area contributed by atoms with Gasteiger partial charge in [0.2, 0.25) is 6.41 Å². The molecule has 0 saturated carbocycles. The fourth-order valence-electron chi connectivity index (χ4n) is 2.82. The van der Waals surface area contributed by atoms with Crippen LogP contribution in [0, 0.1) is 0 Å². The molecule has 1 aromatic carbocycles. The van der Waals surface area contributed by atoms with Crippen LogP contribution in [-0.2, 0) is 27.3 Å². The first-order valence-electron chi connectivity index (χ1n) is 10.5. The van der Waals surface area contributed by atoms with Gasteiger partial charge in [0.05, 0.1) is 18.6 Å². The number of aromatic nitrogens is 4. The Morgan fingerprint density at radius 3 is 2.38 bits per heavy atom. The molecular weight excluding hydrogens is 440 g/mol. The van der Waals surface area contributed by atoms with Gasteiger partial charge in [-0.3, -0.25) is 4.79 Å². The van der Waals surface area contributed by atoms with Gasteiger partial charge in [-0.1, -0.05) is 30.3 Å². The zero-order chi connectivity index (χ0) is 25.3. The van der Waals surface area contributed by atoms with Gasteiger partial charge in [-0.25, -0.2) is 24.5 Å². The average molecular weight is 471 g/mol. The zero-order valence-corrected chi connectivity index (χ0v) is 19.9. The van der Waals surface area contributed by atoms with E-state index in [1.165, 1.54) is 11.2 Å². The van der Waals surface area contributed by atoms with Crippen molar-refractivity contribution >= 4 is 29.6 Å². The molecule has 0 bridgehead atoms. The number of benzene rings is 1. The molecule has 2 N–H and O–H groups in total. The summed E-state index contributed by atoms with van der Waals surface area (Å²) in [5, 5.41) is 11.9. The van der Waals surface area contributed by atoms with Crippen molar-refractivity contribution in [2.24, 2.45) is 0 Å². The molecule has 1 atom stereocenters. The number of nitrogens with zero attached hydrogens (tertiary/aromatic N) is 5. The molecule has 0 aliphatic heterocycles. The van der Waals surface area contributed by atoms with Crippen molar-refractivity contribution in [3.63, 3.8) is 0 Å². The predicted octanol–water partition coefficient (Wildman–Crippen LogP) is 2.10. The first kappa shape index (κ1) is 26.2. The minimum absolute atomic E-state index is 0.0457. The standard InChI is InChI=1S/C20H23N5O4.C3H7NO/c1-20(2,3)29-19(28)24-15(18(26)27)9-14-16-17(22-11-21-14)25(12-23-16)10-13-7-5-4-6-8-13;1-4(2)3-5/h4-8,11-12,15H,9-10H2,1-3H3,(H,24,28)(H,26,27);3H,1-2H3/t15-;/m1./s1. The molecular formula is C23H30N6O5. The summed E-state index contributed by atoms with van der Waals surface area (Å²) in [5.41, 5.74) is 1.89. The van der Waals surface area contributed by atoms with E-state index in [1.807, 2.05) is 34.9 Å². The molecule has 0 aliphatic rings. The number of alkyl carbamates (subject to hydrolysis) is 1. The van der Waals surface area contributed by atoms with E-state index in [-0.39, 0.29) is 6.42 Å². The van der Waals surface area contributed by atoms with Crippen LogP contribution in [0.15, 0.2) is 43.0 Å². The second-order valence-corrected chi connectivity index (χ2v) is 8.66. The van der Waals surface area contributed by atoms with Crippen LogP contribution >= 0.6 is 0 Å². The van der Waals surface area contributed by atoms with Crippen LogP contribution in [-0.4, -0.2) is 73.7 Å². The highest BCUT2D eigenvalue weighted by atomic mass is 16.6. The fraction of sp³-hybridized carbons (Fsp3) is 0.391. The van der Waals surface area contributed by atoms with Crippen molar-refractivity contribution in [1.29, 1.82) is 0 Å². The molecule has 3 aromatic rings. The Kier molecular flexibility index (Phi) is 9.05. The highest BCUT2D eigenvalue weighted by Gasteiger charge is 2.26. The monoisotopic (exact) mass is 470 g/mol. The lowest BCUT2D eigenvalue weighted by molar-refractivity contribution is -0.139. The number of amides is 2. The number of rotatable bonds is 7. The number of carbonyl (C=O) groups is 3. The minimum Gasteiger partial charge on any atom is -0.480 e. The lowest BCUT2D eigenvalue weighted by atomic mass is 10.1. The third-order valence-corrected chi connectivity index (χ3v) is 4.27. The Labute approximate surface area is 197 Å². The summed E-state index contributed by atoms with van der Waals surface area (Å²) in [6.45, 7) is 5.69. The lowest BCUT2D eigenvalue weighted by Gasteiger charge is -2.21. The van der Waals surface area contributed by atoms with Gasteiger partial charge in [0.25, 0.3) is 0 Å². The van der Waals surface area contributed by atoms with E-state index in [2.05, 4.69) is 20.3 Å². The van der Waals surface area contributed by atoms with Crippen molar-refractivity contribution in [2.45, 2.75) is 45.4 Å².